The summed E-state index contributed by atoms with van der Waals surface area (Å²) in [5.41, 5.74) is 1.37. The average molecular weight is 297 g/mol. The molecule has 0 aromatic carbocycles. The Morgan fingerprint density at radius 2 is 2.20 bits per heavy atom. The van der Waals surface area contributed by atoms with Gasteiger partial charge in [-0.2, -0.15) is 11.3 Å². The van der Waals surface area contributed by atoms with Crippen molar-refractivity contribution in [1.29, 1.82) is 0 Å². The lowest BCUT2D eigenvalue weighted by Crippen LogP contribution is -2.33. The van der Waals surface area contributed by atoms with E-state index in [9.17, 15) is 5.11 Å². The Morgan fingerprint density at radius 1 is 1.40 bits per heavy atom. The van der Waals surface area contributed by atoms with E-state index in [0.717, 1.165) is 31.7 Å². The van der Waals surface area contributed by atoms with Crippen LogP contribution < -0.4 is 5.32 Å². The molecule has 0 aliphatic heterocycles. The van der Waals surface area contributed by atoms with Crippen molar-refractivity contribution in [2.45, 2.75) is 51.2 Å². The van der Waals surface area contributed by atoms with Gasteiger partial charge < -0.3 is 15.2 Å². The topological polar surface area (TPSA) is 41.5 Å². The molecule has 1 aromatic heterocycles. The number of nitrogens with one attached hydrogen (secondary N) is 1. The van der Waals surface area contributed by atoms with Crippen molar-refractivity contribution in [2.75, 3.05) is 19.7 Å². The van der Waals surface area contributed by atoms with Crippen molar-refractivity contribution in [3.8, 4) is 0 Å². The molecule has 1 aliphatic carbocycles. The summed E-state index contributed by atoms with van der Waals surface area (Å²) in [6.07, 6.45) is 5.83. The van der Waals surface area contributed by atoms with Crippen LogP contribution in [0.25, 0.3) is 0 Å². The van der Waals surface area contributed by atoms with Gasteiger partial charge in [-0.1, -0.05) is 6.92 Å². The minimum absolute atomic E-state index is 0.367. The van der Waals surface area contributed by atoms with Gasteiger partial charge in [0.2, 0.25) is 0 Å². The Bertz CT molecular complexity index is 347. The summed E-state index contributed by atoms with van der Waals surface area (Å²) in [6.45, 7) is 4.30. The summed E-state index contributed by atoms with van der Waals surface area (Å²) in [5.74, 6) is 0.846. The highest BCUT2D eigenvalue weighted by Crippen LogP contribution is 2.25. The predicted octanol–water partition coefficient (Wildman–Crippen LogP) is 2.84. The van der Waals surface area contributed by atoms with E-state index in [0.29, 0.717) is 19.3 Å². The first-order valence-electron chi connectivity index (χ1n) is 7.75. The summed E-state index contributed by atoms with van der Waals surface area (Å²) >= 11 is 1.73. The summed E-state index contributed by atoms with van der Waals surface area (Å²) in [7, 11) is 0. The largest absolute Gasteiger partial charge is 0.389 e. The van der Waals surface area contributed by atoms with Gasteiger partial charge in [-0.15, -0.1) is 0 Å². The maximum Gasteiger partial charge on any atom is 0.0897 e. The number of hydrogen-bond acceptors (Lipinski definition) is 4. The maximum atomic E-state index is 9.90. The smallest absolute Gasteiger partial charge is 0.0897 e. The zero-order valence-electron chi connectivity index (χ0n) is 12.4. The zero-order chi connectivity index (χ0) is 14.2. The SMILES string of the molecule is CC1CCC(OCC(O)CNCCc2ccsc2)CC1. The molecule has 1 atom stereocenters. The number of rotatable bonds is 8. The van der Waals surface area contributed by atoms with Crippen molar-refractivity contribution in [3.05, 3.63) is 22.4 Å². The number of thiophene rings is 1. The molecule has 0 spiro atoms. The van der Waals surface area contributed by atoms with E-state index in [1.807, 2.05) is 0 Å². The number of aliphatic hydroxyl groups is 1. The lowest BCUT2D eigenvalue weighted by atomic mass is 9.89. The van der Waals surface area contributed by atoms with Gasteiger partial charge >= 0.3 is 0 Å². The standard InChI is InChI=1S/C16H27NO2S/c1-13-2-4-16(5-3-13)19-11-15(18)10-17-8-6-14-7-9-20-12-14/h7,9,12-13,15-18H,2-6,8,10-11H2,1H3. The van der Waals surface area contributed by atoms with Crippen LogP contribution in [0.15, 0.2) is 16.8 Å². The number of ether oxygens (including phenoxy) is 1. The van der Waals surface area contributed by atoms with Gasteiger partial charge in [0.25, 0.3) is 0 Å². The quantitative estimate of drug-likeness (QED) is 0.725. The Hall–Kier alpha value is -0.420. The van der Waals surface area contributed by atoms with Crippen LogP contribution in [0.4, 0.5) is 0 Å². The second-order valence-electron chi connectivity index (χ2n) is 5.95. The fourth-order valence-electron chi connectivity index (χ4n) is 2.64. The molecule has 4 heteroatoms. The van der Waals surface area contributed by atoms with Crippen LogP contribution in [0.3, 0.4) is 0 Å². The average Bonchev–Trinajstić information content (AvgIpc) is 2.96. The number of aliphatic hydroxyl groups excluding tert-OH is 1. The second-order valence-corrected chi connectivity index (χ2v) is 6.73. The van der Waals surface area contributed by atoms with Crippen LogP contribution in [0.1, 0.15) is 38.2 Å². The van der Waals surface area contributed by atoms with Crippen molar-refractivity contribution in [2.24, 2.45) is 5.92 Å². The van der Waals surface area contributed by atoms with Crippen LogP contribution in [-0.4, -0.2) is 37.0 Å². The second kappa shape index (κ2) is 8.78. The van der Waals surface area contributed by atoms with Crippen LogP contribution in [0.5, 0.6) is 0 Å². The Balaban J connectivity index is 1.49. The Kier molecular flexibility index (Phi) is 7.00. The third-order valence-electron chi connectivity index (χ3n) is 4.04. The van der Waals surface area contributed by atoms with Gasteiger partial charge in [0, 0.05) is 6.54 Å². The summed E-state index contributed by atoms with van der Waals surface area (Å²) < 4.78 is 5.81. The fourth-order valence-corrected chi connectivity index (χ4v) is 3.34. The summed E-state index contributed by atoms with van der Waals surface area (Å²) in [5, 5.41) is 17.5. The molecule has 3 nitrogen and oxygen atoms in total. The van der Waals surface area contributed by atoms with Gasteiger partial charge in [0.05, 0.1) is 18.8 Å². The first kappa shape index (κ1) is 16.0. The van der Waals surface area contributed by atoms with Crippen molar-refractivity contribution in [3.63, 3.8) is 0 Å². The zero-order valence-corrected chi connectivity index (χ0v) is 13.2. The van der Waals surface area contributed by atoms with Crippen molar-refractivity contribution >= 4 is 11.3 Å². The molecule has 0 bridgehead atoms. The van der Waals surface area contributed by atoms with Gasteiger partial charge in [0.1, 0.15) is 0 Å². The van der Waals surface area contributed by atoms with Crippen molar-refractivity contribution in [1.82, 2.24) is 5.32 Å². The normalized spacial score (nSPS) is 24.7. The molecule has 1 unspecified atom stereocenters. The lowest BCUT2D eigenvalue weighted by molar-refractivity contribution is -0.0277. The monoisotopic (exact) mass is 297 g/mol. The number of hydrogen-bond donors (Lipinski definition) is 2. The molecule has 1 saturated carbocycles. The minimum atomic E-state index is -0.392. The van der Waals surface area contributed by atoms with Gasteiger partial charge in [-0.25, -0.2) is 0 Å². The molecule has 0 amide bonds. The summed E-state index contributed by atoms with van der Waals surface area (Å²) in [6, 6.07) is 2.15. The molecule has 0 radical (unpaired) electrons. The molecular weight excluding hydrogens is 270 g/mol. The molecule has 2 N–H and O–H groups in total. The third-order valence-corrected chi connectivity index (χ3v) is 4.77. The molecule has 1 aromatic rings. The van der Waals surface area contributed by atoms with E-state index in [1.165, 1.54) is 18.4 Å². The van der Waals surface area contributed by atoms with Crippen LogP contribution in [-0.2, 0) is 11.2 Å². The third kappa shape index (κ3) is 5.92. The molecule has 0 saturated heterocycles. The predicted molar refractivity (Wildman–Crippen MR) is 84.3 cm³/mol. The molecule has 1 heterocycles. The molecule has 2 rings (SSSR count). The van der Waals surface area contributed by atoms with Crippen LogP contribution in [0.2, 0.25) is 0 Å². The van der Waals surface area contributed by atoms with E-state index >= 15 is 0 Å². The maximum absolute atomic E-state index is 9.90. The van der Waals surface area contributed by atoms with Crippen molar-refractivity contribution < 1.29 is 9.84 Å². The van der Waals surface area contributed by atoms with Gasteiger partial charge in [-0.3, -0.25) is 0 Å². The first-order valence-corrected chi connectivity index (χ1v) is 8.69. The van der Waals surface area contributed by atoms with Gasteiger partial charge in [-0.05, 0) is 67.0 Å². The minimum Gasteiger partial charge on any atom is -0.389 e. The molecule has 20 heavy (non-hydrogen) atoms. The van der Waals surface area contributed by atoms with E-state index in [4.69, 9.17) is 4.74 Å². The van der Waals surface area contributed by atoms with Crippen LogP contribution in [0, 0.1) is 5.92 Å². The molecule has 1 fully saturated rings. The van der Waals surface area contributed by atoms with E-state index in [1.54, 1.807) is 11.3 Å². The lowest BCUT2D eigenvalue weighted by Gasteiger charge is -2.27. The highest BCUT2D eigenvalue weighted by atomic mass is 32.1. The summed E-state index contributed by atoms with van der Waals surface area (Å²) in [4.78, 5) is 0. The highest BCUT2D eigenvalue weighted by molar-refractivity contribution is 7.07. The Labute approximate surface area is 126 Å². The highest BCUT2D eigenvalue weighted by Gasteiger charge is 2.19. The molecular formula is C16H27NO2S. The first-order chi connectivity index (χ1) is 9.74. The van der Waals surface area contributed by atoms with E-state index in [2.05, 4.69) is 29.1 Å². The molecule has 1 aliphatic rings. The molecule has 114 valence electrons. The van der Waals surface area contributed by atoms with Gasteiger partial charge in [0.15, 0.2) is 0 Å². The fraction of sp³-hybridized carbons (Fsp3) is 0.750. The van der Waals surface area contributed by atoms with E-state index in [-0.39, 0.29) is 0 Å². The van der Waals surface area contributed by atoms with Crippen LogP contribution >= 0.6 is 11.3 Å². The van der Waals surface area contributed by atoms with E-state index < -0.39 is 6.10 Å². The Morgan fingerprint density at radius 3 is 2.90 bits per heavy atom.